The second-order valence-corrected chi connectivity index (χ2v) is 14.2. The zero-order valence-electron chi connectivity index (χ0n) is 14.2. The van der Waals surface area contributed by atoms with Crippen LogP contribution in [0.25, 0.3) is 0 Å². The first-order chi connectivity index (χ1) is 11.2. The van der Waals surface area contributed by atoms with Crippen molar-refractivity contribution in [2.75, 3.05) is 0 Å². The third-order valence-electron chi connectivity index (χ3n) is 3.19. The Hall–Kier alpha value is -1.58. The van der Waals surface area contributed by atoms with Crippen LogP contribution in [0.1, 0.15) is 0 Å². The predicted molar refractivity (Wildman–Crippen MR) is 107 cm³/mol. The van der Waals surface area contributed by atoms with Gasteiger partial charge >= 0.3 is 119 Å². The monoisotopic (exact) mass is 378 g/mol. The standard InChI is InChI=1S/C18H15Ge.C3H9Si/c1-4-10-16(11-5-1)19(17-12-6-2-7-13-17)18-14-8-3-9-15-18;1-4(2)3/h1-15H;1-3H3. The van der Waals surface area contributed by atoms with Crippen LogP contribution in [0.3, 0.4) is 0 Å². The third kappa shape index (κ3) is 5.85. The van der Waals surface area contributed by atoms with Crippen LogP contribution in [0, 0.1) is 0 Å². The quantitative estimate of drug-likeness (QED) is 0.613. The summed E-state index contributed by atoms with van der Waals surface area (Å²) >= 11 is -1.63. The third-order valence-corrected chi connectivity index (χ3v) is 8.92. The van der Waals surface area contributed by atoms with Gasteiger partial charge in [0.2, 0.25) is 0 Å². The van der Waals surface area contributed by atoms with Gasteiger partial charge in [0.25, 0.3) is 0 Å². The van der Waals surface area contributed by atoms with E-state index in [0.717, 1.165) is 0 Å². The molecule has 0 bridgehead atoms. The van der Waals surface area contributed by atoms with Gasteiger partial charge in [-0.2, -0.15) is 0 Å². The molecular weight excluding hydrogens is 353 g/mol. The molecule has 0 spiro atoms. The number of rotatable bonds is 3. The fraction of sp³-hybridized carbons (Fsp3) is 0.143. The van der Waals surface area contributed by atoms with Crippen LogP contribution >= 0.6 is 0 Å². The average molecular weight is 377 g/mol. The van der Waals surface area contributed by atoms with Crippen LogP contribution in [0.15, 0.2) is 91.0 Å². The van der Waals surface area contributed by atoms with E-state index in [-0.39, 0.29) is 8.80 Å². The van der Waals surface area contributed by atoms with Crippen molar-refractivity contribution < 1.29 is 0 Å². The molecule has 0 fully saturated rings. The molecule has 0 atom stereocenters. The van der Waals surface area contributed by atoms with Gasteiger partial charge in [0, 0.05) is 8.80 Å². The molecule has 0 saturated heterocycles. The maximum atomic E-state index is 2.27. The van der Waals surface area contributed by atoms with Crippen molar-refractivity contribution in [2.24, 2.45) is 0 Å². The van der Waals surface area contributed by atoms with E-state index in [2.05, 4.69) is 111 Å². The van der Waals surface area contributed by atoms with Gasteiger partial charge in [-0.25, -0.2) is 0 Å². The van der Waals surface area contributed by atoms with Crippen molar-refractivity contribution in [3.05, 3.63) is 91.0 Å². The van der Waals surface area contributed by atoms with Gasteiger partial charge in [0.1, 0.15) is 0 Å². The van der Waals surface area contributed by atoms with Crippen LogP contribution in [0.4, 0.5) is 0 Å². The van der Waals surface area contributed by atoms with Crippen molar-refractivity contribution in [1.82, 2.24) is 0 Å². The predicted octanol–water partition coefficient (Wildman–Crippen LogP) is 3.57. The number of benzene rings is 3. The molecule has 2 heteroatoms. The zero-order chi connectivity index (χ0) is 16.5. The van der Waals surface area contributed by atoms with Crippen LogP contribution in [-0.2, 0) is 0 Å². The molecule has 3 aromatic carbocycles. The number of hydrogen-bond acceptors (Lipinski definition) is 0. The molecule has 23 heavy (non-hydrogen) atoms. The first-order valence-electron chi connectivity index (χ1n) is 7.98. The SMILES string of the molecule is C[Si](C)C.c1cc[c]([Ge]([c]2ccccc2)[c]2ccccc2)cc1. The van der Waals surface area contributed by atoms with E-state index in [1.54, 1.807) is 0 Å². The van der Waals surface area contributed by atoms with Crippen molar-refractivity contribution >= 4 is 36.3 Å². The van der Waals surface area contributed by atoms with Crippen molar-refractivity contribution in [2.45, 2.75) is 19.6 Å². The first kappa shape index (κ1) is 17.8. The topological polar surface area (TPSA) is 0 Å². The van der Waals surface area contributed by atoms with Crippen LogP contribution < -0.4 is 13.2 Å². The van der Waals surface area contributed by atoms with E-state index < -0.39 is 14.3 Å². The summed E-state index contributed by atoms with van der Waals surface area (Å²) in [6, 6.07) is 32.8. The Labute approximate surface area is 146 Å². The van der Waals surface area contributed by atoms with Crippen LogP contribution in [0.2, 0.25) is 19.6 Å². The Kier molecular flexibility index (Phi) is 7.37. The van der Waals surface area contributed by atoms with E-state index in [1.807, 2.05) is 0 Å². The second-order valence-electron chi connectivity index (χ2n) is 5.97. The Morgan fingerprint density at radius 2 is 0.696 bits per heavy atom. The van der Waals surface area contributed by atoms with Crippen LogP contribution in [-0.4, -0.2) is 23.1 Å². The van der Waals surface area contributed by atoms with Gasteiger partial charge in [0.05, 0.1) is 0 Å². The molecule has 0 aliphatic heterocycles. The van der Waals surface area contributed by atoms with E-state index in [1.165, 1.54) is 13.2 Å². The summed E-state index contributed by atoms with van der Waals surface area (Å²) in [5.74, 6) is 0. The summed E-state index contributed by atoms with van der Waals surface area (Å²) in [4.78, 5) is 0. The molecule has 116 valence electrons. The molecule has 2 radical (unpaired) electrons. The molecule has 0 aromatic heterocycles. The number of hydrogen-bond donors (Lipinski definition) is 0. The molecule has 0 nitrogen and oxygen atoms in total. The molecule has 0 heterocycles. The Balaban J connectivity index is 0.000000433. The molecule has 0 aliphatic rings. The van der Waals surface area contributed by atoms with E-state index in [0.29, 0.717) is 0 Å². The summed E-state index contributed by atoms with van der Waals surface area (Å²) < 4.78 is 4.50. The van der Waals surface area contributed by atoms with Gasteiger partial charge in [-0.05, 0) is 0 Å². The van der Waals surface area contributed by atoms with E-state index in [4.69, 9.17) is 0 Å². The van der Waals surface area contributed by atoms with Crippen molar-refractivity contribution in [3.63, 3.8) is 0 Å². The molecule has 0 saturated carbocycles. The Morgan fingerprint density at radius 1 is 0.478 bits per heavy atom. The average Bonchev–Trinajstić information content (AvgIpc) is 2.58. The summed E-state index contributed by atoms with van der Waals surface area (Å²) in [6.45, 7) is 6.81. The van der Waals surface area contributed by atoms with Crippen molar-refractivity contribution in [1.29, 1.82) is 0 Å². The van der Waals surface area contributed by atoms with E-state index >= 15 is 0 Å². The first-order valence-corrected chi connectivity index (χ1v) is 14.1. The molecule has 0 aliphatic carbocycles. The molecule has 0 unspecified atom stereocenters. The normalized spacial score (nSPS) is 10.3. The molecule has 0 N–H and O–H groups in total. The molecular formula is C21H24GeSi. The summed E-state index contributed by atoms with van der Waals surface area (Å²) in [6.07, 6.45) is 0. The van der Waals surface area contributed by atoms with Gasteiger partial charge in [0.15, 0.2) is 0 Å². The fourth-order valence-electron chi connectivity index (χ4n) is 2.31. The minimum atomic E-state index is -1.63. The summed E-state index contributed by atoms with van der Waals surface area (Å²) in [5, 5.41) is 0. The Morgan fingerprint density at radius 3 is 0.913 bits per heavy atom. The molecule has 3 aromatic rings. The fourth-order valence-corrected chi connectivity index (χ4v) is 7.72. The van der Waals surface area contributed by atoms with Gasteiger partial charge in [-0.3, -0.25) is 0 Å². The minimum absolute atomic E-state index is 0.120. The van der Waals surface area contributed by atoms with Crippen LogP contribution in [0.5, 0.6) is 0 Å². The van der Waals surface area contributed by atoms with Crippen molar-refractivity contribution in [3.8, 4) is 0 Å². The summed E-state index contributed by atoms with van der Waals surface area (Å²) in [7, 11) is 0.120. The van der Waals surface area contributed by atoms with Gasteiger partial charge in [-0.1, -0.05) is 19.6 Å². The Bertz CT molecular complexity index is 569. The molecule has 0 amide bonds. The zero-order valence-corrected chi connectivity index (χ0v) is 17.3. The molecule has 3 rings (SSSR count). The van der Waals surface area contributed by atoms with E-state index in [9.17, 15) is 0 Å². The van der Waals surface area contributed by atoms with Gasteiger partial charge in [-0.15, -0.1) is 0 Å². The summed E-state index contributed by atoms with van der Waals surface area (Å²) in [5.41, 5.74) is 0. The maximum absolute atomic E-state index is 2.27. The van der Waals surface area contributed by atoms with Gasteiger partial charge < -0.3 is 0 Å². The second kappa shape index (κ2) is 9.53.